The summed E-state index contributed by atoms with van der Waals surface area (Å²) in [4.78, 5) is 8.29. The summed E-state index contributed by atoms with van der Waals surface area (Å²) in [5.74, 6) is 0.762. The molecule has 1 unspecified atom stereocenters. The van der Waals surface area contributed by atoms with Gasteiger partial charge in [0.05, 0.1) is 5.69 Å². The molecule has 0 saturated carbocycles. The second kappa shape index (κ2) is 5.37. The Labute approximate surface area is 108 Å². The van der Waals surface area contributed by atoms with Gasteiger partial charge in [-0.1, -0.05) is 0 Å². The SMILES string of the molecule is CCn1ncnc1CC(O)c1ncccc1Br. The molecule has 2 aromatic rings. The molecule has 0 spiro atoms. The maximum atomic E-state index is 10.1. The topological polar surface area (TPSA) is 63.8 Å². The lowest BCUT2D eigenvalue weighted by Crippen LogP contribution is -2.11. The van der Waals surface area contributed by atoms with Crippen LogP contribution >= 0.6 is 15.9 Å². The van der Waals surface area contributed by atoms with Crippen LogP contribution < -0.4 is 0 Å². The molecule has 0 aliphatic carbocycles. The molecule has 0 radical (unpaired) electrons. The molecule has 2 heterocycles. The number of hydrogen-bond acceptors (Lipinski definition) is 4. The second-order valence-corrected chi connectivity index (χ2v) is 4.44. The highest BCUT2D eigenvalue weighted by Crippen LogP contribution is 2.22. The fourth-order valence-corrected chi connectivity index (χ4v) is 2.14. The molecule has 1 atom stereocenters. The number of hydrogen-bond donors (Lipinski definition) is 1. The highest BCUT2D eigenvalue weighted by Gasteiger charge is 2.16. The van der Waals surface area contributed by atoms with E-state index < -0.39 is 6.10 Å². The lowest BCUT2D eigenvalue weighted by atomic mass is 10.1. The second-order valence-electron chi connectivity index (χ2n) is 3.58. The highest BCUT2D eigenvalue weighted by molar-refractivity contribution is 9.10. The molecule has 5 nitrogen and oxygen atoms in total. The largest absolute Gasteiger partial charge is 0.386 e. The monoisotopic (exact) mass is 296 g/mol. The quantitative estimate of drug-likeness (QED) is 0.933. The average Bonchev–Trinajstić information content (AvgIpc) is 2.76. The van der Waals surface area contributed by atoms with Gasteiger partial charge in [-0.25, -0.2) is 4.98 Å². The van der Waals surface area contributed by atoms with Crippen molar-refractivity contribution in [2.75, 3.05) is 0 Å². The predicted molar refractivity (Wildman–Crippen MR) is 66.3 cm³/mol. The Hall–Kier alpha value is -1.27. The summed E-state index contributed by atoms with van der Waals surface area (Å²) in [6, 6.07) is 3.67. The molecule has 17 heavy (non-hydrogen) atoms. The van der Waals surface area contributed by atoms with Crippen LogP contribution in [0.3, 0.4) is 0 Å². The zero-order chi connectivity index (χ0) is 12.3. The maximum absolute atomic E-state index is 10.1. The number of aliphatic hydroxyl groups is 1. The molecule has 6 heteroatoms. The molecule has 0 amide bonds. The molecule has 0 saturated heterocycles. The highest BCUT2D eigenvalue weighted by atomic mass is 79.9. The predicted octanol–water partition coefficient (Wildman–Crippen LogP) is 1.73. The van der Waals surface area contributed by atoms with Crippen LogP contribution in [-0.4, -0.2) is 24.9 Å². The first-order valence-electron chi connectivity index (χ1n) is 5.37. The Kier molecular flexibility index (Phi) is 3.86. The van der Waals surface area contributed by atoms with Gasteiger partial charge in [0.15, 0.2) is 0 Å². The lowest BCUT2D eigenvalue weighted by molar-refractivity contribution is 0.168. The first kappa shape index (κ1) is 12.2. The van der Waals surface area contributed by atoms with E-state index in [2.05, 4.69) is 31.0 Å². The molecule has 0 aromatic carbocycles. The summed E-state index contributed by atoms with van der Waals surface area (Å²) in [5.41, 5.74) is 0.623. The minimum atomic E-state index is -0.680. The molecular weight excluding hydrogens is 284 g/mol. The molecule has 0 aliphatic heterocycles. The number of pyridine rings is 1. The van der Waals surface area contributed by atoms with Crippen LogP contribution in [0.5, 0.6) is 0 Å². The first-order chi connectivity index (χ1) is 8.22. The van der Waals surface area contributed by atoms with Crippen molar-refractivity contribution in [2.45, 2.75) is 26.0 Å². The molecule has 0 aliphatic rings. The molecular formula is C11H13BrN4O. The fourth-order valence-electron chi connectivity index (χ4n) is 1.62. The van der Waals surface area contributed by atoms with Crippen molar-refractivity contribution in [1.29, 1.82) is 0 Å². The Morgan fingerprint density at radius 1 is 1.47 bits per heavy atom. The van der Waals surface area contributed by atoms with Crippen molar-refractivity contribution in [1.82, 2.24) is 19.7 Å². The van der Waals surface area contributed by atoms with Crippen molar-refractivity contribution in [3.8, 4) is 0 Å². The van der Waals surface area contributed by atoms with E-state index in [-0.39, 0.29) is 0 Å². The maximum Gasteiger partial charge on any atom is 0.138 e. The summed E-state index contributed by atoms with van der Waals surface area (Å²) >= 11 is 3.37. The zero-order valence-corrected chi connectivity index (χ0v) is 11.0. The zero-order valence-electron chi connectivity index (χ0n) is 9.41. The number of aliphatic hydroxyl groups excluding tert-OH is 1. The Morgan fingerprint density at radius 3 is 3.00 bits per heavy atom. The van der Waals surface area contributed by atoms with Crippen LogP contribution in [0.25, 0.3) is 0 Å². The van der Waals surface area contributed by atoms with Gasteiger partial charge in [0.25, 0.3) is 0 Å². The van der Waals surface area contributed by atoms with Gasteiger partial charge in [0.1, 0.15) is 18.3 Å². The lowest BCUT2D eigenvalue weighted by Gasteiger charge is -2.11. The van der Waals surface area contributed by atoms with Crippen molar-refractivity contribution in [3.05, 3.63) is 40.6 Å². The van der Waals surface area contributed by atoms with E-state index in [4.69, 9.17) is 0 Å². The van der Waals surface area contributed by atoms with Crippen molar-refractivity contribution >= 4 is 15.9 Å². The van der Waals surface area contributed by atoms with E-state index in [1.54, 1.807) is 10.9 Å². The van der Waals surface area contributed by atoms with Gasteiger partial charge in [-0.2, -0.15) is 5.10 Å². The minimum absolute atomic E-state index is 0.406. The molecule has 2 rings (SSSR count). The Bertz CT molecular complexity index is 500. The van der Waals surface area contributed by atoms with E-state index in [1.165, 1.54) is 6.33 Å². The van der Waals surface area contributed by atoms with Gasteiger partial charge in [-0.3, -0.25) is 9.67 Å². The van der Waals surface area contributed by atoms with E-state index >= 15 is 0 Å². The van der Waals surface area contributed by atoms with Crippen molar-refractivity contribution in [3.63, 3.8) is 0 Å². The summed E-state index contributed by atoms with van der Waals surface area (Å²) < 4.78 is 2.56. The van der Waals surface area contributed by atoms with Gasteiger partial charge in [-0.05, 0) is 35.0 Å². The third-order valence-electron chi connectivity index (χ3n) is 2.47. The van der Waals surface area contributed by atoms with Crippen LogP contribution in [0.1, 0.15) is 24.5 Å². The number of rotatable bonds is 4. The summed E-state index contributed by atoms with van der Waals surface area (Å²) in [5, 5.41) is 14.2. The third-order valence-corrected chi connectivity index (χ3v) is 3.14. The van der Waals surface area contributed by atoms with E-state index in [1.807, 2.05) is 19.1 Å². The van der Waals surface area contributed by atoms with Crippen LogP contribution in [0.2, 0.25) is 0 Å². The van der Waals surface area contributed by atoms with Crippen LogP contribution in [-0.2, 0) is 13.0 Å². The van der Waals surface area contributed by atoms with Crippen molar-refractivity contribution in [2.24, 2.45) is 0 Å². The summed E-state index contributed by atoms with van der Waals surface area (Å²) in [6.45, 7) is 2.73. The third kappa shape index (κ3) is 2.70. The van der Waals surface area contributed by atoms with Gasteiger partial charge in [-0.15, -0.1) is 0 Å². The Morgan fingerprint density at radius 2 is 2.29 bits per heavy atom. The number of aromatic nitrogens is 4. The van der Waals surface area contributed by atoms with Gasteiger partial charge < -0.3 is 5.11 Å². The molecule has 0 fully saturated rings. The molecule has 1 N–H and O–H groups in total. The normalized spacial score (nSPS) is 12.6. The van der Waals surface area contributed by atoms with Gasteiger partial charge in [0.2, 0.25) is 0 Å². The molecule has 90 valence electrons. The summed E-state index contributed by atoms with van der Waals surface area (Å²) in [7, 11) is 0. The minimum Gasteiger partial charge on any atom is -0.386 e. The number of aryl methyl sites for hydroxylation is 1. The van der Waals surface area contributed by atoms with Gasteiger partial charge >= 0.3 is 0 Å². The fraction of sp³-hybridized carbons (Fsp3) is 0.364. The molecule has 2 aromatic heterocycles. The first-order valence-corrected chi connectivity index (χ1v) is 6.16. The number of nitrogens with zero attached hydrogens (tertiary/aromatic N) is 4. The van der Waals surface area contributed by atoms with Crippen LogP contribution in [0, 0.1) is 0 Å². The average molecular weight is 297 g/mol. The Balaban J connectivity index is 2.17. The van der Waals surface area contributed by atoms with Crippen LogP contribution in [0.15, 0.2) is 29.1 Å². The van der Waals surface area contributed by atoms with E-state index in [9.17, 15) is 5.11 Å². The van der Waals surface area contributed by atoms with E-state index in [0.29, 0.717) is 12.1 Å². The van der Waals surface area contributed by atoms with Crippen LogP contribution in [0.4, 0.5) is 0 Å². The van der Waals surface area contributed by atoms with Gasteiger partial charge in [0, 0.05) is 23.6 Å². The standard InChI is InChI=1S/C11H13BrN4O/c1-2-16-10(14-7-15-16)6-9(17)11-8(12)4-3-5-13-11/h3-5,7,9,17H,2,6H2,1H3. The smallest absolute Gasteiger partial charge is 0.138 e. The molecule has 0 bridgehead atoms. The summed E-state index contributed by atoms with van der Waals surface area (Å²) in [6.07, 6.45) is 2.89. The number of halogens is 1. The van der Waals surface area contributed by atoms with E-state index in [0.717, 1.165) is 16.8 Å². The van der Waals surface area contributed by atoms with Crippen molar-refractivity contribution < 1.29 is 5.11 Å².